The first-order valence-electron chi connectivity index (χ1n) is 7.69. The van der Waals surface area contributed by atoms with Crippen molar-refractivity contribution in [2.45, 2.75) is 39.4 Å². The molecule has 0 heterocycles. The first-order valence-corrected chi connectivity index (χ1v) is 8.85. The summed E-state index contributed by atoms with van der Waals surface area (Å²) >= 11 is 1.84. The molecule has 0 aliphatic carbocycles. The van der Waals surface area contributed by atoms with Crippen LogP contribution in [0.4, 0.5) is 0 Å². The molecule has 3 nitrogen and oxygen atoms in total. The maximum Gasteiger partial charge on any atom is 0.227 e. The molecule has 0 aliphatic heterocycles. The highest BCUT2D eigenvalue weighted by Gasteiger charge is 2.32. The van der Waals surface area contributed by atoms with Crippen molar-refractivity contribution in [1.82, 2.24) is 5.32 Å². The van der Waals surface area contributed by atoms with Crippen molar-refractivity contribution in [3.63, 3.8) is 0 Å². The standard InChI is InChI=1S/C17H28N2OS.ClH/c1-4-17(5-2,13-18)16(20)19-10-11-21-12-15-8-6-14(3)7-9-15;/h6-9H,4-5,10-13,18H2,1-3H3,(H,19,20);1H. The fourth-order valence-electron chi connectivity index (χ4n) is 2.25. The topological polar surface area (TPSA) is 55.1 Å². The van der Waals surface area contributed by atoms with Crippen LogP contribution < -0.4 is 11.1 Å². The minimum absolute atomic E-state index is 0. The molecule has 126 valence electrons. The number of aryl methyl sites for hydroxylation is 1. The summed E-state index contributed by atoms with van der Waals surface area (Å²) in [4.78, 5) is 12.2. The van der Waals surface area contributed by atoms with Gasteiger partial charge >= 0.3 is 0 Å². The van der Waals surface area contributed by atoms with Crippen LogP contribution in [0.1, 0.15) is 37.8 Å². The average molecular weight is 345 g/mol. The number of benzene rings is 1. The van der Waals surface area contributed by atoms with Gasteiger partial charge in [0.05, 0.1) is 5.41 Å². The van der Waals surface area contributed by atoms with E-state index in [1.807, 2.05) is 25.6 Å². The van der Waals surface area contributed by atoms with E-state index < -0.39 is 0 Å². The Morgan fingerprint density at radius 3 is 2.32 bits per heavy atom. The van der Waals surface area contributed by atoms with Gasteiger partial charge in [-0.2, -0.15) is 11.8 Å². The zero-order chi connectivity index (χ0) is 15.7. The zero-order valence-corrected chi connectivity index (χ0v) is 15.5. The van der Waals surface area contributed by atoms with Crippen molar-refractivity contribution < 1.29 is 4.79 Å². The highest BCUT2D eigenvalue weighted by molar-refractivity contribution is 7.98. The van der Waals surface area contributed by atoms with E-state index in [4.69, 9.17) is 5.73 Å². The molecule has 0 saturated heterocycles. The van der Waals surface area contributed by atoms with E-state index in [1.165, 1.54) is 11.1 Å². The van der Waals surface area contributed by atoms with Gasteiger partial charge in [-0.1, -0.05) is 43.7 Å². The van der Waals surface area contributed by atoms with Crippen LogP contribution in [0, 0.1) is 12.3 Å². The van der Waals surface area contributed by atoms with Gasteiger partial charge in [0.1, 0.15) is 0 Å². The number of hydrogen-bond acceptors (Lipinski definition) is 3. The van der Waals surface area contributed by atoms with Gasteiger partial charge < -0.3 is 11.1 Å². The molecule has 0 radical (unpaired) electrons. The first kappa shape index (κ1) is 21.3. The van der Waals surface area contributed by atoms with E-state index in [0.717, 1.165) is 24.3 Å². The summed E-state index contributed by atoms with van der Waals surface area (Å²) in [6, 6.07) is 8.59. The SMILES string of the molecule is CCC(CC)(CN)C(=O)NCCSCc1ccc(C)cc1.Cl. The van der Waals surface area contributed by atoms with E-state index in [2.05, 4.69) is 36.5 Å². The predicted molar refractivity (Wildman–Crippen MR) is 99.7 cm³/mol. The summed E-state index contributed by atoms with van der Waals surface area (Å²) in [6.45, 7) is 7.28. The molecule has 0 bridgehead atoms. The molecule has 0 unspecified atom stereocenters. The molecule has 0 aliphatic rings. The van der Waals surface area contributed by atoms with E-state index >= 15 is 0 Å². The minimum Gasteiger partial charge on any atom is -0.355 e. The molecule has 3 N–H and O–H groups in total. The van der Waals surface area contributed by atoms with Gasteiger partial charge in [0.2, 0.25) is 5.91 Å². The smallest absolute Gasteiger partial charge is 0.227 e. The molecule has 22 heavy (non-hydrogen) atoms. The second kappa shape index (κ2) is 10.9. The molecule has 1 amide bonds. The second-order valence-corrected chi connectivity index (χ2v) is 6.59. The molecular formula is C17H29ClN2OS. The van der Waals surface area contributed by atoms with E-state index in [9.17, 15) is 4.79 Å². The van der Waals surface area contributed by atoms with Crippen LogP contribution >= 0.6 is 24.2 Å². The van der Waals surface area contributed by atoms with Gasteiger partial charge in [0, 0.05) is 24.6 Å². The van der Waals surface area contributed by atoms with Crippen LogP contribution in [-0.2, 0) is 10.5 Å². The summed E-state index contributed by atoms with van der Waals surface area (Å²) < 4.78 is 0. The highest BCUT2D eigenvalue weighted by Crippen LogP contribution is 2.24. The normalized spacial score (nSPS) is 10.9. The lowest BCUT2D eigenvalue weighted by Gasteiger charge is -2.28. The summed E-state index contributed by atoms with van der Waals surface area (Å²) in [5.74, 6) is 2.01. The summed E-state index contributed by atoms with van der Waals surface area (Å²) in [7, 11) is 0. The Hall–Kier alpha value is -0.710. The maximum atomic E-state index is 12.2. The fraction of sp³-hybridized carbons (Fsp3) is 0.588. The van der Waals surface area contributed by atoms with Gasteiger partial charge in [-0.3, -0.25) is 4.79 Å². The molecule has 0 atom stereocenters. The van der Waals surface area contributed by atoms with Crippen molar-refractivity contribution in [3.8, 4) is 0 Å². The van der Waals surface area contributed by atoms with Crippen molar-refractivity contribution >= 4 is 30.1 Å². The van der Waals surface area contributed by atoms with Crippen molar-refractivity contribution in [3.05, 3.63) is 35.4 Å². The number of amides is 1. The Morgan fingerprint density at radius 1 is 1.23 bits per heavy atom. The van der Waals surface area contributed by atoms with E-state index in [-0.39, 0.29) is 23.7 Å². The molecule has 0 saturated carbocycles. The molecule has 1 aromatic rings. The van der Waals surface area contributed by atoms with Crippen LogP contribution in [0.25, 0.3) is 0 Å². The first-order chi connectivity index (χ1) is 10.1. The van der Waals surface area contributed by atoms with Gasteiger partial charge in [-0.25, -0.2) is 0 Å². The van der Waals surface area contributed by atoms with Crippen LogP contribution in [0.3, 0.4) is 0 Å². The summed E-state index contributed by atoms with van der Waals surface area (Å²) in [5.41, 5.74) is 8.01. The quantitative estimate of drug-likeness (QED) is 0.674. The molecule has 0 spiro atoms. The monoisotopic (exact) mass is 344 g/mol. The van der Waals surface area contributed by atoms with Crippen LogP contribution in [0.15, 0.2) is 24.3 Å². The Labute approximate surface area is 145 Å². The average Bonchev–Trinajstić information content (AvgIpc) is 2.51. The molecule has 1 aromatic carbocycles. The number of halogens is 1. The number of nitrogens with two attached hydrogens (primary N) is 1. The predicted octanol–water partition coefficient (Wildman–Crippen LogP) is 3.53. The number of hydrogen-bond donors (Lipinski definition) is 2. The Balaban J connectivity index is 0.00000441. The van der Waals surface area contributed by atoms with Crippen molar-refractivity contribution in [2.24, 2.45) is 11.1 Å². The third-order valence-electron chi connectivity index (χ3n) is 4.15. The third-order valence-corrected chi connectivity index (χ3v) is 5.18. The number of carbonyl (C=O) groups is 1. The molecule has 5 heteroatoms. The summed E-state index contributed by atoms with van der Waals surface area (Å²) in [5, 5.41) is 3.03. The van der Waals surface area contributed by atoms with Crippen LogP contribution in [0.2, 0.25) is 0 Å². The van der Waals surface area contributed by atoms with Crippen molar-refractivity contribution in [1.29, 1.82) is 0 Å². The number of thioether (sulfide) groups is 1. The zero-order valence-electron chi connectivity index (χ0n) is 13.9. The molecule has 0 aromatic heterocycles. The fourth-order valence-corrected chi connectivity index (χ4v) is 3.07. The Bertz CT molecular complexity index is 425. The van der Waals surface area contributed by atoms with Crippen LogP contribution in [0.5, 0.6) is 0 Å². The second-order valence-electron chi connectivity index (χ2n) is 5.49. The van der Waals surface area contributed by atoms with Gasteiger partial charge in [0.25, 0.3) is 0 Å². The van der Waals surface area contributed by atoms with E-state index in [0.29, 0.717) is 13.1 Å². The largest absolute Gasteiger partial charge is 0.355 e. The number of carbonyl (C=O) groups excluding carboxylic acids is 1. The molecule has 1 rings (SSSR count). The number of nitrogens with one attached hydrogen (secondary N) is 1. The lowest BCUT2D eigenvalue weighted by Crippen LogP contribution is -2.45. The van der Waals surface area contributed by atoms with Gasteiger partial charge in [-0.05, 0) is 25.3 Å². The number of rotatable bonds is 9. The molecule has 0 fully saturated rings. The molecular weight excluding hydrogens is 316 g/mol. The van der Waals surface area contributed by atoms with E-state index in [1.54, 1.807) is 0 Å². The minimum atomic E-state index is -0.387. The lowest BCUT2D eigenvalue weighted by atomic mass is 9.81. The Morgan fingerprint density at radius 2 is 1.82 bits per heavy atom. The van der Waals surface area contributed by atoms with Crippen molar-refractivity contribution in [2.75, 3.05) is 18.8 Å². The van der Waals surface area contributed by atoms with Gasteiger partial charge in [0.15, 0.2) is 0 Å². The third kappa shape index (κ3) is 6.19. The van der Waals surface area contributed by atoms with Gasteiger partial charge in [-0.15, -0.1) is 12.4 Å². The lowest BCUT2D eigenvalue weighted by molar-refractivity contribution is -0.130. The highest BCUT2D eigenvalue weighted by atomic mass is 35.5. The Kier molecular flexibility index (Phi) is 10.6. The maximum absolute atomic E-state index is 12.2. The summed E-state index contributed by atoms with van der Waals surface area (Å²) in [6.07, 6.45) is 1.59. The van der Waals surface area contributed by atoms with Crippen LogP contribution in [-0.4, -0.2) is 24.7 Å².